The van der Waals surface area contributed by atoms with E-state index >= 15 is 0 Å². The molecule has 1 atom stereocenters. The zero-order chi connectivity index (χ0) is 13.7. The van der Waals surface area contributed by atoms with Crippen molar-refractivity contribution in [2.45, 2.75) is 12.6 Å². The predicted molar refractivity (Wildman–Crippen MR) is 63.3 cm³/mol. The number of benzene rings is 1. The summed E-state index contributed by atoms with van der Waals surface area (Å²) in [6.07, 6.45) is -0.0988. The second-order valence-electron chi connectivity index (χ2n) is 4.23. The number of hydrogen-bond acceptors (Lipinski definition) is 4. The van der Waals surface area contributed by atoms with Crippen LogP contribution in [-0.4, -0.2) is 32.5 Å². The average Bonchev–Trinajstić information content (AvgIpc) is 2.42. The Labute approximate surface area is 109 Å². The summed E-state index contributed by atoms with van der Waals surface area (Å²) in [4.78, 5) is 0. The maximum absolute atomic E-state index is 13.6. The number of halogens is 2. The van der Waals surface area contributed by atoms with Gasteiger partial charge in [-0.15, -0.1) is 0 Å². The molecule has 4 nitrogen and oxygen atoms in total. The Kier molecular flexibility index (Phi) is 4.80. The van der Waals surface area contributed by atoms with E-state index in [-0.39, 0.29) is 23.8 Å². The van der Waals surface area contributed by atoms with Gasteiger partial charge < -0.3 is 14.8 Å². The Morgan fingerprint density at radius 1 is 1.32 bits per heavy atom. The third-order valence-corrected chi connectivity index (χ3v) is 2.83. The van der Waals surface area contributed by atoms with Crippen molar-refractivity contribution >= 4 is 0 Å². The predicted octanol–water partition coefficient (Wildman–Crippen LogP) is 1.34. The van der Waals surface area contributed by atoms with Gasteiger partial charge in [0.15, 0.2) is 0 Å². The van der Waals surface area contributed by atoms with Gasteiger partial charge in [-0.05, 0) is 12.1 Å². The van der Waals surface area contributed by atoms with Crippen LogP contribution in [0.1, 0.15) is 11.1 Å². The summed E-state index contributed by atoms with van der Waals surface area (Å²) in [6.45, 7) is 2.09. The van der Waals surface area contributed by atoms with Crippen LogP contribution < -0.4 is 5.32 Å². The van der Waals surface area contributed by atoms with Crippen LogP contribution in [0.4, 0.5) is 8.78 Å². The quantitative estimate of drug-likeness (QED) is 0.895. The summed E-state index contributed by atoms with van der Waals surface area (Å²) in [5, 5.41) is 11.5. The van der Waals surface area contributed by atoms with Gasteiger partial charge in [0.2, 0.25) is 0 Å². The van der Waals surface area contributed by atoms with Crippen molar-refractivity contribution in [2.24, 2.45) is 0 Å². The highest BCUT2D eigenvalue weighted by atomic mass is 19.1. The van der Waals surface area contributed by atoms with Gasteiger partial charge in [0.25, 0.3) is 0 Å². The highest BCUT2D eigenvalue weighted by Crippen LogP contribution is 2.15. The Balaban J connectivity index is 1.90. The topological polar surface area (TPSA) is 54.3 Å². The largest absolute Gasteiger partial charge is 0.376 e. The molecule has 0 amide bonds. The summed E-state index contributed by atoms with van der Waals surface area (Å²) >= 11 is 0. The maximum atomic E-state index is 13.6. The second-order valence-corrected chi connectivity index (χ2v) is 4.23. The van der Waals surface area contributed by atoms with Gasteiger partial charge in [0.1, 0.15) is 11.6 Å². The number of rotatable bonds is 4. The molecule has 1 unspecified atom stereocenters. The zero-order valence-electron chi connectivity index (χ0n) is 10.3. The molecule has 2 rings (SSSR count). The lowest BCUT2D eigenvalue weighted by Crippen LogP contribution is -2.37. The highest BCUT2D eigenvalue weighted by molar-refractivity contribution is 5.34. The van der Waals surface area contributed by atoms with Crippen LogP contribution in [0.5, 0.6) is 0 Å². The zero-order valence-corrected chi connectivity index (χ0v) is 10.3. The van der Waals surface area contributed by atoms with Gasteiger partial charge >= 0.3 is 0 Å². The fraction of sp³-hybridized carbons (Fsp3) is 0.462. The van der Waals surface area contributed by atoms with Crippen LogP contribution in [0, 0.1) is 23.0 Å². The molecule has 0 saturated carbocycles. The Morgan fingerprint density at radius 2 is 2.05 bits per heavy atom. The minimum atomic E-state index is -0.718. The van der Waals surface area contributed by atoms with E-state index in [0.29, 0.717) is 26.4 Å². The van der Waals surface area contributed by atoms with Crippen molar-refractivity contribution in [1.82, 2.24) is 5.32 Å². The minimum absolute atomic E-state index is 0.0252. The van der Waals surface area contributed by atoms with Gasteiger partial charge in [-0.25, -0.2) is 8.78 Å². The van der Waals surface area contributed by atoms with E-state index in [2.05, 4.69) is 5.32 Å². The molecule has 0 spiro atoms. The monoisotopic (exact) mass is 268 g/mol. The van der Waals surface area contributed by atoms with Crippen molar-refractivity contribution in [3.63, 3.8) is 0 Å². The molecule has 19 heavy (non-hydrogen) atoms. The van der Waals surface area contributed by atoms with Crippen LogP contribution >= 0.6 is 0 Å². The molecule has 1 heterocycles. The first kappa shape index (κ1) is 13.9. The average molecular weight is 268 g/mol. The molecule has 1 N–H and O–H groups in total. The fourth-order valence-corrected chi connectivity index (χ4v) is 1.85. The molecular formula is C13H14F2N2O2. The van der Waals surface area contributed by atoms with E-state index in [1.165, 1.54) is 0 Å². The van der Waals surface area contributed by atoms with Crippen molar-refractivity contribution in [2.75, 3.05) is 26.4 Å². The smallest absolute Gasteiger partial charge is 0.131 e. The van der Waals surface area contributed by atoms with E-state index in [0.717, 1.165) is 12.1 Å². The number of nitrogens with zero attached hydrogens (tertiary/aromatic N) is 1. The Morgan fingerprint density at radius 3 is 2.63 bits per heavy atom. The van der Waals surface area contributed by atoms with Gasteiger partial charge in [0.05, 0.1) is 37.6 Å². The Bertz CT molecular complexity index is 459. The summed E-state index contributed by atoms with van der Waals surface area (Å²) < 4.78 is 37.8. The molecule has 1 saturated heterocycles. The number of nitrogens with one attached hydrogen (secondary N) is 1. The summed E-state index contributed by atoms with van der Waals surface area (Å²) in [7, 11) is 0. The first-order valence-electron chi connectivity index (χ1n) is 5.99. The number of hydrogen-bond donors (Lipinski definition) is 1. The Hall–Kier alpha value is -1.55. The molecule has 0 bridgehead atoms. The first-order chi connectivity index (χ1) is 9.20. The molecular weight excluding hydrogens is 254 g/mol. The van der Waals surface area contributed by atoms with E-state index in [1.807, 2.05) is 0 Å². The minimum Gasteiger partial charge on any atom is -0.376 e. The lowest BCUT2D eigenvalue weighted by atomic mass is 10.1. The molecule has 0 aliphatic carbocycles. The lowest BCUT2D eigenvalue weighted by Gasteiger charge is -2.23. The molecule has 1 aliphatic heterocycles. The number of nitriles is 1. The summed E-state index contributed by atoms with van der Waals surface area (Å²) in [6, 6.07) is 3.76. The molecule has 0 radical (unpaired) electrons. The first-order valence-corrected chi connectivity index (χ1v) is 5.99. The normalized spacial score (nSPS) is 19.1. The third-order valence-electron chi connectivity index (χ3n) is 2.83. The van der Waals surface area contributed by atoms with Gasteiger partial charge in [0, 0.05) is 18.7 Å². The fourth-order valence-electron chi connectivity index (χ4n) is 1.85. The molecule has 6 heteroatoms. The van der Waals surface area contributed by atoms with Crippen LogP contribution in [0.25, 0.3) is 0 Å². The van der Waals surface area contributed by atoms with Crippen LogP contribution in [0.15, 0.2) is 12.1 Å². The standard InChI is InChI=1S/C13H14F2N2O2/c14-12-3-9(5-16)4-13(15)11(12)7-17-6-10-8-18-1-2-19-10/h3-4,10,17H,1-2,6-8H2. The molecule has 1 aromatic rings. The molecule has 0 aromatic heterocycles. The van der Waals surface area contributed by atoms with Gasteiger partial charge in [-0.3, -0.25) is 0 Å². The SMILES string of the molecule is N#Cc1cc(F)c(CNCC2COCCO2)c(F)c1. The second kappa shape index (κ2) is 6.57. The maximum Gasteiger partial charge on any atom is 0.131 e. The van der Waals surface area contributed by atoms with Crippen LogP contribution in [-0.2, 0) is 16.0 Å². The molecule has 1 fully saturated rings. The van der Waals surface area contributed by atoms with Gasteiger partial charge in [-0.2, -0.15) is 5.26 Å². The van der Waals surface area contributed by atoms with Crippen molar-refractivity contribution < 1.29 is 18.3 Å². The highest BCUT2D eigenvalue weighted by Gasteiger charge is 2.15. The van der Waals surface area contributed by atoms with Crippen LogP contribution in [0.3, 0.4) is 0 Å². The van der Waals surface area contributed by atoms with Crippen molar-refractivity contribution in [3.8, 4) is 6.07 Å². The van der Waals surface area contributed by atoms with E-state index in [9.17, 15) is 8.78 Å². The number of ether oxygens (including phenoxy) is 2. The molecule has 1 aliphatic rings. The third kappa shape index (κ3) is 3.70. The summed E-state index contributed by atoms with van der Waals surface area (Å²) in [5.74, 6) is -1.44. The van der Waals surface area contributed by atoms with E-state index in [1.54, 1.807) is 6.07 Å². The van der Waals surface area contributed by atoms with Crippen molar-refractivity contribution in [3.05, 3.63) is 34.9 Å². The van der Waals surface area contributed by atoms with E-state index in [4.69, 9.17) is 14.7 Å². The summed E-state index contributed by atoms with van der Waals surface area (Å²) in [5.41, 5.74) is -0.0986. The lowest BCUT2D eigenvalue weighted by molar-refractivity contribution is -0.0864. The molecule has 102 valence electrons. The van der Waals surface area contributed by atoms with Gasteiger partial charge in [-0.1, -0.05) is 0 Å². The molecule has 1 aromatic carbocycles. The van der Waals surface area contributed by atoms with E-state index < -0.39 is 11.6 Å². The van der Waals surface area contributed by atoms with Crippen molar-refractivity contribution in [1.29, 1.82) is 5.26 Å². The van der Waals surface area contributed by atoms with Crippen LogP contribution in [0.2, 0.25) is 0 Å².